The zero-order valence-corrected chi connectivity index (χ0v) is 22.9. The minimum absolute atomic E-state index is 0.0198. The maximum absolute atomic E-state index is 14.0. The van der Waals surface area contributed by atoms with Gasteiger partial charge in [-0.25, -0.2) is 13.4 Å². The Morgan fingerprint density at radius 1 is 1.17 bits per heavy atom. The van der Waals surface area contributed by atoms with Gasteiger partial charge in [-0.05, 0) is 67.3 Å². The van der Waals surface area contributed by atoms with Gasteiger partial charge < -0.3 is 10.1 Å². The van der Waals surface area contributed by atoms with Gasteiger partial charge in [0, 0.05) is 11.0 Å². The van der Waals surface area contributed by atoms with Crippen molar-refractivity contribution in [2.45, 2.75) is 37.8 Å². The number of amides is 1. The second-order valence-corrected chi connectivity index (χ2v) is 12.3. The number of nitrogens with zero attached hydrogens (tertiary/aromatic N) is 2. The van der Waals surface area contributed by atoms with Gasteiger partial charge in [0.2, 0.25) is 15.9 Å². The van der Waals surface area contributed by atoms with E-state index in [1.165, 1.54) is 21.7 Å². The lowest BCUT2D eigenvalue weighted by Crippen LogP contribution is -2.50. The normalized spacial score (nSPS) is 16.0. The number of hydrogen-bond acceptors (Lipinski definition) is 6. The summed E-state index contributed by atoms with van der Waals surface area (Å²) >= 11 is 4.74. The van der Waals surface area contributed by atoms with Gasteiger partial charge in [-0.2, -0.15) is 4.31 Å². The summed E-state index contributed by atoms with van der Waals surface area (Å²) in [7, 11) is -4.10. The summed E-state index contributed by atoms with van der Waals surface area (Å²) < 4.78 is 36.5. The molecule has 0 unspecified atom stereocenters. The number of aromatic nitrogens is 1. The van der Waals surface area contributed by atoms with Gasteiger partial charge in [0.1, 0.15) is 16.7 Å². The molecule has 1 atom stereocenters. The Hall–Kier alpha value is -2.79. The SMILES string of the molecule is CCOc1ccc(Br)cc1S(=O)(=O)N1Cc2ccccc2C[C@@H]1C(=O)Nc1nc2ccc(C)cc2s1. The highest BCUT2D eigenvalue weighted by molar-refractivity contribution is 9.10. The minimum Gasteiger partial charge on any atom is -0.492 e. The van der Waals surface area contributed by atoms with Crippen LogP contribution in [0.4, 0.5) is 5.13 Å². The number of fused-ring (bicyclic) bond motifs is 2. The van der Waals surface area contributed by atoms with Crippen molar-refractivity contribution < 1.29 is 17.9 Å². The molecule has 2 heterocycles. The van der Waals surface area contributed by atoms with Gasteiger partial charge in [-0.3, -0.25) is 4.79 Å². The Kier molecular flexibility index (Phi) is 6.86. The van der Waals surface area contributed by atoms with Gasteiger partial charge in [0.25, 0.3) is 0 Å². The van der Waals surface area contributed by atoms with Crippen molar-refractivity contribution in [2.75, 3.05) is 11.9 Å². The first-order valence-corrected chi connectivity index (χ1v) is 14.5. The molecule has 7 nitrogen and oxygen atoms in total. The van der Waals surface area contributed by atoms with Crippen LogP contribution in [0.1, 0.15) is 23.6 Å². The van der Waals surface area contributed by atoms with Crippen LogP contribution in [0.25, 0.3) is 10.2 Å². The van der Waals surface area contributed by atoms with Crippen LogP contribution in [-0.4, -0.2) is 36.3 Å². The molecule has 36 heavy (non-hydrogen) atoms. The zero-order valence-electron chi connectivity index (χ0n) is 19.7. The number of rotatable bonds is 6. The molecular weight excluding hydrogens is 562 g/mol. The number of carbonyl (C=O) groups excluding carboxylic acids is 1. The standard InChI is InChI=1S/C26H24BrN3O4S2/c1-3-34-22-11-9-19(27)14-24(22)36(32,33)30-15-18-7-5-4-6-17(18)13-21(30)25(31)29-26-28-20-10-8-16(2)12-23(20)35-26/h4-12,14,21H,3,13,15H2,1-2H3,(H,28,29,31)/t21-/m1/s1. The second kappa shape index (κ2) is 9.93. The lowest BCUT2D eigenvalue weighted by molar-refractivity contribution is -0.120. The lowest BCUT2D eigenvalue weighted by Gasteiger charge is -2.35. The van der Waals surface area contributed by atoms with Crippen LogP contribution in [0.3, 0.4) is 0 Å². The van der Waals surface area contributed by atoms with E-state index in [1.807, 2.05) is 49.4 Å². The Labute approximate surface area is 222 Å². The van der Waals surface area contributed by atoms with Crippen molar-refractivity contribution in [3.63, 3.8) is 0 Å². The molecule has 1 aromatic heterocycles. The number of nitrogens with one attached hydrogen (secondary N) is 1. The predicted octanol–water partition coefficient (Wildman–Crippen LogP) is 5.52. The summed E-state index contributed by atoms with van der Waals surface area (Å²) in [6.45, 7) is 4.19. The minimum atomic E-state index is -4.10. The van der Waals surface area contributed by atoms with Crippen molar-refractivity contribution in [3.05, 3.63) is 81.8 Å². The summed E-state index contributed by atoms with van der Waals surface area (Å²) in [5.74, 6) is -0.169. The molecule has 3 aromatic carbocycles. The number of sulfonamides is 1. The molecule has 0 aliphatic carbocycles. The van der Waals surface area contributed by atoms with E-state index in [0.29, 0.717) is 16.2 Å². The van der Waals surface area contributed by atoms with E-state index in [0.717, 1.165) is 26.9 Å². The quantitative estimate of drug-likeness (QED) is 0.322. The topological polar surface area (TPSA) is 88.6 Å². The Bertz CT molecular complexity index is 1570. The second-order valence-electron chi connectivity index (χ2n) is 8.54. The van der Waals surface area contributed by atoms with E-state index in [2.05, 4.69) is 26.2 Å². The summed E-state index contributed by atoms with van der Waals surface area (Å²) in [6.07, 6.45) is 0.253. The van der Waals surface area contributed by atoms with Crippen LogP contribution >= 0.6 is 27.3 Å². The van der Waals surface area contributed by atoms with Crippen molar-refractivity contribution in [2.24, 2.45) is 0 Å². The average Bonchev–Trinajstić information content (AvgIpc) is 3.25. The van der Waals surface area contributed by atoms with Gasteiger partial charge in [0.15, 0.2) is 5.13 Å². The van der Waals surface area contributed by atoms with Crippen LogP contribution in [0.2, 0.25) is 0 Å². The molecule has 0 saturated heterocycles. The van der Waals surface area contributed by atoms with Gasteiger partial charge in [-0.15, -0.1) is 0 Å². The smallest absolute Gasteiger partial charge is 0.247 e. The number of benzene rings is 3. The molecule has 1 amide bonds. The molecule has 186 valence electrons. The first-order chi connectivity index (χ1) is 17.3. The first kappa shape index (κ1) is 24.9. The molecule has 4 aromatic rings. The summed E-state index contributed by atoms with van der Waals surface area (Å²) in [4.78, 5) is 18.1. The highest BCUT2D eigenvalue weighted by Crippen LogP contribution is 2.35. The molecule has 1 aliphatic rings. The number of aryl methyl sites for hydroxylation is 1. The molecule has 0 bridgehead atoms. The third kappa shape index (κ3) is 4.78. The number of halogens is 1. The summed E-state index contributed by atoms with van der Waals surface area (Å²) in [5, 5.41) is 3.32. The number of carbonyl (C=O) groups is 1. The molecule has 0 saturated carbocycles. The summed E-state index contributed by atoms with van der Waals surface area (Å²) in [6, 6.07) is 17.4. The van der Waals surface area contributed by atoms with Crippen LogP contribution in [-0.2, 0) is 27.8 Å². The monoisotopic (exact) mass is 585 g/mol. The molecule has 5 rings (SSSR count). The number of anilines is 1. The number of hydrogen-bond donors (Lipinski definition) is 1. The predicted molar refractivity (Wildman–Crippen MR) is 145 cm³/mol. The molecular formula is C26H24BrN3O4S2. The molecule has 0 fully saturated rings. The largest absolute Gasteiger partial charge is 0.492 e. The van der Waals surface area contributed by atoms with E-state index in [-0.39, 0.29) is 23.6 Å². The third-order valence-electron chi connectivity index (χ3n) is 6.07. The zero-order chi connectivity index (χ0) is 25.4. The van der Waals surface area contributed by atoms with Crippen molar-refractivity contribution in [1.29, 1.82) is 0 Å². The molecule has 0 radical (unpaired) electrons. The van der Waals surface area contributed by atoms with Crippen molar-refractivity contribution in [1.82, 2.24) is 9.29 Å². The highest BCUT2D eigenvalue weighted by atomic mass is 79.9. The van der Waals surface area contributed by atoms with Crippen LogP contribution in [0.15, 0.2) is 70.0 Å². The Balaban J connectivity index is 1.54. The maximum Gasteiger partial charge on any atom is 0.247 e. The lowest BCUT2D eigenvalue weighted by atomic mass is 9.95. The summed E-state index contributed by atoms with van der Waals surface area (Å²) in [5.41, 5.74) is 3.70. The van der Waals surface area contributed by atoms with Crippen LogP contribution in [0, 0.1) is 6.92 Å². The maximum atomic E-state index is 14.0. The highest BCUT2D eigenvalue weighted by Gasteiger charge is 2.41. The molecule has 1 aliphatic heterocycles. The number of ether oxygens (including phenoxy) is 1. The van der Waals surface area contributed by atoms with Crippen molar-refractivity contribution in [3.8, 4) is 5.75 Å². The van der Waals surface area contributed by atoms with E-state index < -0.39 is 22.0 Å². The van der Waals surface area contributed by atoms with E-state index >= 15 is 0 Å². The Morgan fingerprint density at radius 3 is 2.72 bits per heavy atom. The first-order valence-electron chi connectivity index (χ1n) is 11.5. The fourth-order valence-electron chi connectivity index (χ4n) is 4.33. The molecule has 0 spiro atoms. The fraction of sp³-hybridized carbons (Fsp3) is 0.231. The van der Waals surface area contributed by atoms with Crippen molar-refractivity contribution >= 4 is 58.5 Å². The molecule has 1 N–H and O–H groups in total. The van der Waals surface area contributed by atoms with Gasteiger partial charge in [0.05, 0.1) is 16.8 Å². The average molecular weight is 587 g/mol. The fourth-order valence-corrected chi connectivity index (χ4v) is 7.54. The van der Waals surface area contributed by atoms with Gasteiger partial charge in [-0.1, -0.05) is 57.6 Å². The molecule has 10 heteroatoms. The van der Waals surface area contributed by atoms with E-state index in [1.54, 1.807) is 19.1 Å². The van der Waals surface area contributed by atoms with Crippen LogP contribution in [0.5, 0.6) is 5.75 Å². The Morgan fingerprint density at radius 2 is 1.94 bits per heavy atom. The van der Waals surface area contributed by atoms with E-state index in [9.17, 15) is 13.2 Å². The van der Waals surface area contributed by atoms with Crippen LogP contribution < -0.4 is 10.1 Å². The van der Waals surface area contributed by atoms with Gasteiger partial charge >= 0.3 is 0 Å². The number of thiazole rings is 1. The van der Waals surface area contributed by atoms with E-state index in [4.69, 9.17) is 4.74 Å². The third-order valence-corrected chi connectivity index (χ3v) is 9.38.